The number of carbonyl (C=O) groups excluding carboxylic acids is 3. The van der Waals surface area contributed by atoms with E-state index in [0.29, 0.717) is 11.4 Å². The number of nitro benzene ring substituents is 1. The van der Waals surface area contributed by atoms with Crippen molar-refractivity contribution in [3.05, 3.63) is 99.6 Å². The zero-order valence-corrected chi connectivity index (χ0v) is 18.6. The van der Waals surface area contributed by atoms with Crippen molar-refractivity contribution in [3.8, 4) is 5.75 Å². The Morgan fingerprint density at radius 3 is 2.51 bits per heavy atom. The average molecular weight is 472 g/mol. The SMILES string of the molecule is Cc1ccccc1NC(=O)COc1ccc(C=C2C(=O)NN(c3ccccc3)C2=O)cc1[N+](=O)[O-]. The van der Waals surface area contributed by atoms with E-state index in [0.717, 1.165) is 10.6 Å². The van der Waals surface area contributed by atoms with Gasteiger partial charge in [0, 0.05) is 11.8 Å². The summed E-state index contributed by atoms with van der Waals surface area (Å²) in [6.45, 7) is 1.39. The standard InChI is InChI=1S/C25H20N4O6/c1-16-7-5-6-10-20(16)26-23(30)15-35-22-12-11-17(14-21(22)29(33)34)13-19-24(31)27-28(25(19)32)18-8-3-2-4-9-18/h2-14H,15H2,1H3,(H,26,30)(H,27,31). The fraction of sp³-hybridized carbons (Fsp3) is 0.0800. The maximum atomic E-state index is 12.7. The van der Waals surface area contributed by atoms with Crippen molar-refractivity contribution in [2.45, 2.75) is 6.92 Å². The molecule has 35 heavy (non-hydrogen) atoms. The van der Waals surface area contributed by atoms with Crippen LogP contribution in [-0.2, 0) is 14.4 Å². The maximum absolute atomic E-state index is 12.7. The predicted octanol–water partition coefficient (Wildman–Crippen LogP) is 3.38. The zero-order chi connectivity index (χ0) is 24.9. The van der Waals surface area contributed by atoms with Crippen molar-refractivity contribution in [1.82, 2.24) is 5.43 Å². The highest BCUT2D eigenvalue weighted by atomic mass is 16.6. The fourth-order valence-electron chi connectivity index (χ4n) is 3.41. The van der Waals surface area contributed by atoms with Gasteiger partial charge in [-0.1, -0.05) is 42.5 Å². The number of rotatable bonds is 7. The third kappa shape index (κ3) is 5.17. The van der Waals surface area contributed by atoms with Gasteiger partial charge < -0.3 is 10.1 Å². The Labute approximate surface area is 199 Å². The number of hydrogen-bond donors (Lipinski definition) is 2. The molecule has 0 saturated carbocycles. The molecule has 1 fully saturated rings. The minimum atomic E-state index is -0.663. The van der Waals surface area contributed by atoms with E-state index in [9.17, 15) is 24.5 Å². The normalized spacial score (nSPS) is 14.1. The van der Waals surface area contributed by atoms with Crippen molar-refractivity contribution in [1.29, 1.82) is 0 Å². The minimum absolute atomic E-state index is 0.120. The Morgan fingerprint density at radius 2 is 1.80 bits per heavy atom. The molecule has 0 aromatic heterocycles. The number of nitro groups is 1. The number of aryl methyl sites for hydroxylation is 1. The number of nitrogens with one attached hydrogen (secondary N) is 2. The summed E-state index contributed by atoms with van der Waals surface area (Å²) < 4.78 is 5.39. The predicted molar refractivity (Wildman–Crippen MR) is 128 cm³/mol. The van der Waals surface area contributed by atoms with E-state index in [4.69, 9.17) is 4.74 Å². The smallest absolute Gasteiger partial charge is 0.311 e. The first-order valence-electron chi connectivity index (χ1n) is 10.5. The topological polar surface area (TPSA) is 131 Å². The molecule has 3 aromatic rings. The van der Waals surface area contributed by atoms with Crippen LogP contribution in [0.1, 0.15) is 11.1 Å². The number of benzene rings is 3. The van der Waals surface area contributed by atoms with Crippen LogP contribution < -0.4 is 20.5 Å². The third-order valence-electron chi connectivity index (χ3n) is 5.17. The van der Waals surface area contributed by atoms with Crippen LogP contribution in [0.15, 0.2) is 78.4 Å². The highest BCUT2D eigenvalue weighted by molar-refractivity contribution is 6.31. The molecule has 0 aliphatic carbocycles. The molecule has 0 bridgehead atoms. The summed E-state index contributed by atoms with van der Waals surface area (Å²) in [5.41, 5.74) is 4.09. The first-order chi connectivity index (χ1) is 16.8. The number of para-hydroxylation sites is 2. The van der Waals surface area contributed by atoms with Crippen LogP contribution in [-0.4, -0.2) is 29.3 Å². The molecule has 1 aliphatic heterocycles. The van der Waals surface area contributed by atoms with Crippen LogP contribution in [0.3, 0.4) is 0 Å². The lowest BCUT2D eigenvalue weighted by atomic mass is 10.1. The molecule has 0 unspecified atom stereocenters. The van der Waals surface area contributed by atoms with Crippen molar-refractivity contribution in [3.63, 3.8) is 0 Å². The quantitative estimate of drug-likeness (QED) is 0.235. The minimum Gasteiger partial charge on any atom is -0.477 e. The van der Waals surface area contributed by atoms with E-state index >= 15 is 0 Å². The number of ether oxygens (including phenoxy) is 1. The van der Waals surface area contributed by atoms with Gasteiger partial charge in [-0.05, 0) is 48.4 Å². The molecule has 10 nitrogen and oxygen atoms in total. The number of amides is 3. The second-order valence-corrected chi connectivity index (χ2v) is 7.61. The van der Waals surface area contributed by atoms with Crippen LogP contribution in [0.2, 0.25) is 0 Å². The average Bonchev–Trinajstić information content (AvgIpc) is 3.13. The van der Waals surface area contributed by atoms with Gasteiger partial charge in [0.05, 0.1) is 10.6 Å². The van der Waals surface area contributed by atoms with Gasteiger partial charge in [-0.2, -0.15) is 0 Å². The molecule has 1 heterocycles. The molecular formula is C25H20N4O6. The van der Waals surface area contributed by atoms with Gasteiger partial charge in [0.25, 0.3) is 17.7 Å². The van der Waals surface area contributed by atoms with Gasteiger partial charge in [0.15, 0.2) is 12.4 Å². The van der Waals surface area contributed by atoms with Crippen LogP contribution in [0.5, 0.6) is 5.75 Å². The Morgan fingerprint density at radius 1 is 1.09 bits per heavy atom. The molecule has 0 atom stereocenters. The Bertz CT molecular complexity index is 1350. The first-order valence-corrected chi connectivity index (χ1v) is 10.5. The molecule has 4 rings (SSSR count). The van der Waals surface area contributed by atoms with Gasteiger partial charge in [-0.25, -0.2) is 5.01 Å². The van der Waals surface area contributed by atoms with Crippen molar-refractivity contribution >= 4 is 40.9 Å². The van der Waals surface area contributed by atoms with Crippen LogP contribution in [0.4, 0.5) is 17.1 Å². The van der Waals surface area contributed by atoms with Crippen LogP contribution in [0, 0.1) is 17.0 Å². The van der Waals surface area contributed by atoms with E-state index in [-0.39, 0.29) is 16.9 Å². The molecular weight excluding hydrogens is 452 g/mol. The molecule has 1 aliphatic rings. The number of anilines is 2. The summed E-state index contributed by atoms with van der Waals surface area (Å²) in [7, 11) is 0. The van der Waals surface area contributed by atoms with Crippen LogP contribution >= 0.6 is 0 Å². The summed E-state index contributed by atoms with van der Waals surface area (Å²) >= 11 is 0. The Kier molecular flexibility index (Phi) is 6.54. The molecule has 1 saturated heterocycles. The van der Waals surface area contributed by atoms with E-state index in [1.807, 2.05) is 19.1 Å². The summed E-state index contributed by atoms with van der Waals surface area (Å²) in [5.74, 6) is -1.81. The number of hydrazine groups is 1. The molecule has 3 aromatic carbocycles. The molecule has 0 spiro atoms. The summed E-state index contributed by atoms with van der Waals surface area (Å²) in [6.07, 6.45) is 1.27. The first kappa shape index (κ1) is 23.2. The van der Waals surface area contributed by atoms with Crippen molar-refractivity contribution in [2.24, 2.45) is 0 Å². The summed E-state index contributed by atoms with van der Waals surface area (Å²) in [4.78, 5) is 48.3. The zero-order valence-electron chi connectivity index (χ0n) is 18.6. The second-order valence-electron chi connectivity index (χ2n) is 7.61. The van der Waals surface area contributed by atoms with Crippen molar-refractivity contribution in [2.75, 3.05) is 16.9 Å². The lowest BCUT2D eigenvalue weighted by Gasteiger charge is -2.13. The highest BCUT2D eigenvalue weighted by Gasteiger charge is 2.34. The van der Waals surface area contributed by atoms with Gasteiger partial charge >= 0.3 is 5.69 Å². The molecule has 176 valence electrons. The van der Waals surface area contributed by atoms with E-state index in [2.05, 4.69) is 10.7 Å². The van der Waals surface area contributed by atoms with Gasteiger partial charge in [-0.3, -0.25) is 29.9 Å². The summed E-state index contributed by atoms with van der Waals surface area (Å²) in [5, 5.41) is 15.4. The summed E-state index contributed by atoms with van der Waals surface area (Å²) in [6, 6.07) is 19.7. The van der Waals surface area contributed by atoms with E-state index in [1.54, 1.807) is 42.5 Å². The number of nitrogens with zero attached hydrogens (tertiary/aromatic N) is 2. The Balaban J connectivity index is 1.50. The van der Waals surface area contributed by atoms with Gasteiger partial charge in [0.1, 0.15) is 5.57 Å². The molecule has 10 heteroatoms. The van der Waals surface area contributed by atoms with Gasteiger partial charge in [0.2, 0.25) is 0 Å². The third-order valence-corrected chi connectivity index (χ3v) is 5.17. The number of carbonyl (C=O) groups is 3. The number of hydrogen-bond acceptors (Lipinski definition) is 6. The highest BCUT2D eigenvalue weighted by Crippen LogP contribution is 2.30. The molecule has 0 radical (unpaired) electrons. The monoisotopic (exact) mass is 472 g/mol. The second kappa shape index (κ2) is 9.87. The fourth-order valence-corrected chi connectivity index (χ4v) is 3.41. The van der Waals surface area contributed by atoms with E-state index < -0.39 is 34.9 Å². The molecule has 2 N–H and O–H groups in total. The van der Waals surface area contributed by atoms with Crippen molar-refractivity contribution < 1.29 is 24.0 Å². The maximum Gasteiger partial charge on any atom is 0.311 e. The Hall–Kier alpha value is -4.99. The van der Waals surface area contributed by atoms with Gasteiger partial charge in [-0.15, -0.1) is 0 Å². The largest absolute Gasteiger partial charge is 0.477 e. The lowest BCUT2D eigenvalue weighted by Crippen LogP contribution is -2.35. The van der Waals surface area contributed by atoms with E-state index in [1.165, 1.54) is 24.3 Å². The van der Waals surface area contributed by atoms with Crippen LogP contribution in [0.25, 0.3) is 6.08 Å². The molecule has 3 amide bonds. The lowest BCUT2D eigenvalue weighted by molar-refractivity contribution is -0.385.